The molecule has 114 valence electrons. The van der Waals surface area contributed by atoms with Crippen molar-refractivity contribution in [2.24, 2.45) is 5.92 Å². The van der Waals surface area contributed by atoms with Crippen LogP contribution in [0.2, 0.25) is 0 Å². The maximum atomic E-state index is 6.26. The van der Waals surface area contributed by atoms with E-state index in [2.05, 4.69) is 6.92 Å². The van der Waals surface area contributed by atoms with Gasteiger partial charge in [-0.15, -0.1) is 0 Å². The molecule has 0 radical (unpaired) electrons. The first-order chi connectivity index (χ1) is 9.76. The zero-order valence-corrected chi connectivity index (χ0v) is 12.4. The molecule has 20 heavy (non-hydrogen) atoms. The van der Waals surface area contributed by atoms with Crippen LogP contribution in [0.1, 0.15) is 51.9 Å². The van der Waals surface area contributed by atoms with E-state index in [1.54, 1.807) is 0 Å². The lowest BCUT2D eigenvalue weighted by Crippen LogP contribution is -2.34. The van der Waals surface area contributed by atoms with Crippen molar-refractivity contribution < 1.29 is 18.9 Å². The van der Waals surface area contributed by atoms with Gasteiger partial charge < -0.3 is 18.9 Å². The van der Waals surface area contributed by atoms with Crippen molar-refractivity contribution in [3.63, 3.8) is 0 Å². The van der Waals surface area contributed by atoms with Crippen LogP contribution in [-0.2, 0) is 18.9 Å². The van der Waals surface area contributed by atoms with Gasteiger partial charge in [-0.1, -0.05) is 6.42 Å². The van der Waals surface area contributed by atoms with Gasteiger partial charge >= 0.3 is 0 Å². The summed E-state index contributed by atoms with van der Waals surface area (Å²) in [4.78, 5) is 0. The van der Waals surface area contributed by atoms with Gasteiger partial charge in [-0.2, -0.15) is 0 Å². The highest BCUT2D eigenvalue weighted by Gasteiger charge is 2.53. The van der Waals surface area contributed by atoms with Gasteiger partial charge in [0, 0.05) is 19.4 Å². The fourth-order valence-electron chi connectivity index (χ4n) is 4.15. The molecule has 1 spiro atoms. The second-order valence-electron chi connectivity index (χ2n) is 6.94. The maximum absolute atomic E-state index is 6.26. The van der Waals surface area contributed by atoms with Gasteiger partial charge in [-0.3, -0.25) is 0 Å². The zero-order chi connectivity index (χ0) is 13.6. The Kier molecular flexibility index (Phi) is 3.53. The summed E-state index contributed by atoms with van der Waals surface area (Å²) in [7, 11) is 0. The predicted molar refractivity (Wildman–Crippen MR) is 73.4 cm³/mol. The molecular weight excluding hydrogens is 256 g/mol. The average molecular weight is 282 g/mol. The van der Waals surface area contributed by atoms with E-state index in [1.165, 1.54) is 25.7 Å². The van der Waals surface area contributed by atoms with Crippen LogP contribution in [0, 0.1) is 5.92 Å². The van der Waals surface area contributed by atoms with Gasteiger partial charge in [0.25, 0.3) is 0 Å². The van der Waals surface area contributed by atoms with Crippen LogP contribution in [0.5, 0.6) is 0 Å². The Morgan fingerprint density at radius 3 is 2.75 bits per heavy atom. The number of hydrogen-bond acceptors (Lipinski definition) is 4. The third-order valence-corrected chi connectivity index (χ3v) is 5.55. The topological polar surface area (TPSA) is 40.2 Å². The largest absolute Gasteiger partial charge is 0.378 e. The Morgan fingerprint density at radius 2 is 2.00 bits per heavy atom. The lowest BCUT2D eigenvalue weighted by Gasteiger charge is -2.31. The van der Waals surface area contributed by atoms with Crippen molar-refractivity contribution in [1.29, 1.82) is 0 Å². The van der Waals surface area contributed by atoms with E-state index in [9.17, 15) is 0 Å². The van der Waals surface area contributed by atoms with Gasteiger partial charge in [-0.25, -0.2) is 0 Å². The van der Waals surface area contributed by atoms with Crippen molar-refractivity contribution >= 4 is 0 Å². The number of epoxide rings is 1. The minimum atomic E-state index is -0.261. The van der Waals surface area contributed by atoms with E-state index in [4.69, 9.17) is 18.9 Å². The molecule has 0 aromatic heterocycles. The Bertz CT molecular complexity index is 352. The molecule has 1 aliphatic carbocycles. The normalized spacial score (nSPS) is 47.0. The van der Waals surface area contributed by atoms with Crippen molar-refractivity contribution in [2.75, 3.05) is 13.2 Å². The van der Waals surface area contributed by atoms with Gasteiger partial charge in [0.1, 0.15) is 12.2 Å². The summed E-state index contributed by atoms with van der Waals surface area (Å²) < 4.78 is 23.8. The minimum absolute atomic E-state index is 0.163. The van der Waals surface area contributed by atoms with Crippen LogP contribution in [-0.4, -0.2) is 43.4 Å². The van der Waals surface area contributed by atoms with Crippen LogP contribution < -0.4 is 0 Å². The Morgan fingerprint density at radius 1 is 1.15 bits per heavy atom. The van der Waals surface area contributed by atoms with E-state index in [1.807, 2.05) is 0 Å². The van der Waals surface area contributed by atoms with Crippen LogP contribution in [0.3, 0.4) is 0 Å². The molecule has 4 aliphatic rings. The van der Waals surface area contributed by atoms with Crippen molar-refractivity contribution in [2.45, 2.75) is 82.1 Å². The summed E-state index contributed by atoms with van der Waals surface area (Å²) in [5, 5.41) is 0. The van der Waals surface area contributed by atoms with E-state index < -0.39 is 0 Å². The number of ether oxygens (including phenoxy) is 4. The van der Waals surface area contributed by atoms with Crippen molar-refractivity contribution in [3.8, 4) is 0 Å². The first-order valence-corrected chi connectivity index (χ1v) is 8.35. The molecule has 4 heteroatoms. The number of rotatable bonds is 3. The molecule has 4 fully saturated rings. The third kappa shape index (κ3) is 2.52. The standard InChI is InChI=1S/C16H26O4/c1-11-12(5-8-17-11)9-13-15(19-13)14-10-18-16(20-14)6-3-2-4-7-16/h11-15H,2-10H2,1H3. The summed E-state index contributed by atoms with van der Waals surface area (Å²) in [6.45, 7) is 3.81. The maximum Gasteiger partial charge on any atom is 0.169 e. The zero-order valence-electron chi connectivity index (χ0n) is 12.4. The Hall–Kier alpha value is -0.160. The summed E-state index contributed by atoms with van der Waals surface area (Å²) in [5.41, 5.74) is 0. The molecule has 5 unspecified atom stereocenters. The molecule has 0 N–H and O–H groups in total. The number of hydrogen-bond donors (Lipinski definition) is 0. The lowest BCUT2D eigenvalue weighted by molar-refractivity contribution is -0.188. The van der Waals surface area contributed by atoms with E-state index >= 15 is 0 Å². The van der Waals surface area contributed by atoms with E-state index in [0.717, 1.165) is 32.5 Å². The van der Waals surface area contributed by atoms with Gasteiger partial charge in [0.15, 0.2) is 5.79 Å². The van der Waals surface area contributed by atoms with E-state index in [-0.39, 0.29) is 18.0 Å². The van der Waals surface area contributed by atoms with Gasteiger partial charge in [-0.05, 0) is 38.5 Å². The molecule has 0 amide bonds. The summed E-state index contributed by atoms with van der Waals surface area (Å²) in [5.74, 6) is 0.402. The van der Waals surface area contributed by atoms with Gasteiger partial charge in [0.05, 0.1) is 18.8 Å². The highest BCUT2D eigenvalue weighted by atomic mass is 16.8. The molecule has 4 rings (SSSR count). The predicted octanol–water partition coefficient (Wildman–Crippen LogP) is 2.64. The fourth-order valence-corrected chi connectivity index (χ4v) is 4.15. The molecule has 0 bridgehead atoms. The van der Waals surface area contributed by atoms with E-state index in [0.29, 0.717) is 18.1 Å². The van der Waals surface area contributed by atoms with Crippen LogP contribution >= 0.6 is 0 Å². The van der Waals surface area contributed by atoms with Crippen LogP contribution in [0.15, 0.2) is 0 Å². The third-order valence-electron chi connectivity index (χ3n) is 5.55. The van der Waals surface area contributed by atoms with Crippen LogP contribution in [0.4, 0.5) is 0 Å². The highest BCUT2D eigenvalue weighted by molar-refractivity contribution is 4.97. The molecule has 3 heterocycles. The van der Waals surface area contributed by atoms with Gasteiger partial charge in [0.2, 0.25) is 0 Å². The van der Waals surface area contributed by atoms with Crippen LogP contribution in [0.25, 0.3) is 0 Å². The first kappa shape index (κ1) is 13.5. The molecular formula is C16H26O4. The second-order valence-corrected chi connectivity index (χ2v) is 6.94. The smallest absolute Gasteiger partial charge is 0.169 e. The van der Waals surface area contributed by atoms with Crippen molar-refractivity contribution in [1.82, 2.24) is 0 Å². The fraction of sp³-hybridized carbons (Fsp3) is 1.00. The molecule has 3 aliphatic heterocycles. The van der Waals surface area contributed by atoms with Crippen molar-refractivity contribution in [3.05, 3.63) is 0 Å². The molecule has 1 saturated carbocycles. The quantitative estimate of drug-likeness (QED) is 0.746. The highest BCUT2D eigenvalue weighted by Crippen LogP contribution is 2.44. The molecule has 0 aromatic carbocycles. The first-order valence-electron chi connectivity index (χ1n) is 8.35. The minimum Gasteiger partial charge on any atom is -0.378 e. The monoisotopic (exact) mass is 282 g/mol. The average Bonchev–Trinajstić information content (AvgIpc) is 2.93. The summed E-state index contributed by atoms with van der Waals surface area (Å²) in [6, 6.07) is 0. The lowest BCUT2D eigenvalue weighted by atomic mass is 9.94. The Labute approximate surface area is 121 Å². The summed E-state index contributed by atoms with van der Waals surface area (Å²) >= 11 is 0. The molecule has 4 nitrogen and oxygen atoms in total. The molecule has 0 aromatic rings. The summed E-state index contributed by atoms with van der Waals surface area (Å²) in [6.07, 6.45) is 9.42. The molecule has 5 atom stereocenters. The second kappa shape index (κ2) is 5.24. The molecule has 3 saturated heterocycles. The Balaban J connectivity index is 1.28. The SMILES string of the molecule is CC1OCCC1CC1OC1C1COC2(CCCCC2)O1.